The van der Waals surface area contributed by atoms with Gasteiger partial charge in [-0.15, -0.1) is 0 Å². The van der Waals surface area contributed by atoms with Crippen molar-refractivity contribution >= 4 is 33.3 Å². The van der Waals surface area contributed by atoms with Crippen LogP contribution in [0.2, 0.25) is 0 Å². The summed E-state index contributed by atoms with van der Waals surface area (Å²) in [4.78, 5) is 23.5. The second-order valence-corrected chi connectivity index (χ2v) is 8.00. The van der Waals surface area contributed by atoms with E-state index in [2.05, 4.69) is 10.0 Å². The Labute approximate surface area is 168 Å². The average Bonchev–Trinajstić information content (AvgIpc) is 2.68. The van der Waals surface area contributed by atoms with E-state index in [1.807, 2.05) is 6.92 Å². The first-order valence-electron chi connectivity index (χ1n) is 8.57. The number of hydrogen-bond acceptors (Lipinski definition) is 5. The highest BCUT2D eigenvalue weighted by Crippen LogP contribution is 2.19. The highest BCUT2D eigenvalue weighted by Gasteiger charge is 2.15. The topological polar surface area (TPSA) is 115 Å². The molecule has 3 rings (SSSR count). The normalized spacial score (nSPS) is 10.9. The Kier molecular flexibility index (Phi) is 5.65. The predicted octanol–water partition coefficient (Wildman–Crippen LogP) is 2.41. The fraction of sp³-hybridized carbons (Fsp3) is 0.0476. The first-order chi connectivity index (χ1) is 13.7. The minimum atomic E-state index is -3.80. The maximum Gasteiger partial charge on any atom is 0.261 e. The molecule has 0 bridgehead atoms. The van der Waals surface area contributed by atoms with Gasteiger partial charge in [0.05, 0.1) is 10.9 Å². The second kappa shape index (κ2) is 8.15. The van der Waals surface area contributed by atoms with Gasteiger partial charge in [-0.1, -0.05) is 35.9 Å². The molecule has 148 valence electrons. The van der Waals surface area contributed by atoms with Crippen molar-refractivity contribution < 1.29 is 23.1 Å². The lowest BCUT2D eigenvalue weighted by atomic mass is 10.1. The SMILES string of the molecule is Cc1ccc(S(=O)(=O)Nc2cccc(C(=O)Nc3cccc(C(=O)[O-])c3)c2)cc1. The van der Waals surface area contributed by atoms with Gasteiger partial charge in [-0.3, -0.25) is 9.52 Å². The molecule has 0 spiro atoms. The summed E-state index contributed by atoms with van der Waals surface area (Å²) >= 11 is 0. The van der Waals surface area contributed by atoms with Crippen LogP contribution in [0.4, 0.5) is 11.4 Å². The number of aryl methyl sites for hydroxylation is 1. The number of hydrogen-bond donors (Lipinski definition) is 2. The lowest BCUT2D eigenvalue weighted by molar-refractivity contribution is -0.255. The molecule has 0 aliphatic heterocycles. The van der Waals surface area contributed by atoms with Gasteiger partial charge in [0.15, 0.2) is 0 Å². The number of rotatable bonds is 6. The number of carboxylic acids is 1. The zero-order valence-electron chi connectivity index (χ0n) is 15.4. The Morgan fingerprint density at radius 2 is 1.41 bits per heavy atom. The van der Waals surface area contributed by atoms with Crippen molar-refractivity contribution in [3.63, 3.8) is 0 Å². The van der Waals surface area contributed by atoms with Crippen molar-refractivity contribution in [1.82, 2.24) is 0 Å². The monoisotopic (exact) mass is 409 g/mol. The lowest BCUT2D eigenvalue weighted by Gasteiger charge is -2.11. The minimum absolute atomic E-state index is 0.0672. The molecule has 0 atom stereocenters. The van der Waals surface area contributed by atoms with Crippen LogP contribution in [0.1, 0.15) is 26.3 Å². The number of nitrogens with one attached hydrogen (secondary N) is 2. The van der Waals surface area contributed by atoms with Crippen LogP contribution < -0.4 is 15.1 Å². The van der Waals surface area contributed by atoms with E-state index in [0.29, 0.717) is 0 Å². The summed E-state index contributed by atoms with van der Waals surface area (Å²) in [5.41, 5.74) is 1.57. The van der Waals surface area contributed by atoms with E-state index < -0.39 is 21.9 Å². The summed E-state index contributed by atoms with van der Waals surface area (Å²) in [6, 6.07) is 18.0. The number of sulfonamides is 1. The quantitative estimate of drug-likeness (QED) is 0.649. The Hall–Kier alpha value is -3.65. The van der Waals surface area contributed by atoms with Gasteiger partial charge in [0, 0.05) is 16.9 Å². The first-order valence-corrected chi connectivity index (χ1v) is 10.1. The third kappa shape index (κ3) is 4.99. The van der Waals surface area contributed by atoms with E-state index in [-0.39, 0.29) is 27.4 Å². The third-order valence-corrected chi connectivity index (χ3v) is 5.46. The van der Waals surface area contributed by atoms with Gasteiger partial charge in [-0.2, -0.15) is 0 Å². The van der Waals surface area contributed by atoms with Gasteiger partial charge in [-0.05, 0) is 55.0 Å². The molecule has 7 nitrogen and oxygen atoms in total. The highest BCUT2D eigenvalue weighted by atomic mass is 32.2. The van der Waals surface area contributed by atoms with Gasteiger partial charge >= 0.3 is 0 Å². The zero-order valence-corrected chi connectivity index (χ0v) is 16.2. The van der Waals surface area contributed by atoms with E-state index >= 15 is 0 Å². The Morgan fingerprint density at radius 1 is 0.828 bits per heavy atom. The first kappa shape index (κ1) is 20.1. The number of carbonyl (C=O) groups is 2. The minimum Gasteiger partial charge on any atom is -0.545 e. The van der Waals surface area contributed by atoms with Crippen LogP contribution in [-0.2, 0) is 10.0 Å². The number of amides is 1. The van der Waals surface area contributed by atoms with Crippen molar-refractivity contribution in [3.05, 3.63) is 89.5 Å². The lowest BCUT2D eigenvalue weighted by Crippen LogP contribution is -2.22. The van der Waals surface area contributed by atoms with Crippen LogP contribution in [0.25, 0.3) is 0 Å². The highest BCUT2D eigenvalue weighted by molar-refractivity contribution is 7.92. The van der Waals surface area contributed by atoms with Crippen LogP contribution in [0.5, 0.6) is 0 Å². The fourth-order valence-electron chi connectivity index (χ4n) is 2.58. The van der Waals surface area contributed by atoms with Crippen molar-refractivity contribution in [2.24, 2.45) is 0 Å². The standard InChI is InChI=1S/C21H18N2O5S/c1-14-8-10-19(11-9-14)29(27,28)23-18-7-2-4-15(12-18)20(24)22-17-6-3-5-16(13-17)21(25)26/h2-13,23H,1H3,(H,22,24)(H,25,26)/p-1. The van der Waals surface area contributed by atoms with Gasteiger partial charge in [0.25, 0.3) is 15.9 Å². The van der Waals surface area contributed by atoms with Gasteiger partial charge < -0.3 is 15.2 Å². The smallest absolute Gasteiger partial charge is 0.261 e. The molecule has 0 fully saturated rings. The molecule has 2 N–H and O–H groups in total. The second-order valence-electron chi connectivity index (χ2n) is 6.32. The Bertz CT molecular complexity index is 1170. The largest absolute Gasteiger partial charge is 0.545 e. The van der Waals surface area contributed by atoms with Crippen molar-refractivity contribution in [2.75, 3.05) is 10.0 Å². The van der Waals surface area contributed by atoms with Crippen LogP contribution in [0.3, 0.4) is 0 Å². The van der Waals surface area contributed by atoms with E-state index in [1.54, 1.807) is 18.2 Å². The van der Waals surface area contributed by atoms with Crippen molar-refractivity contribution in [3.8, 4) is 0 Å². The molecule has 8 heteroatoms. The summed E-state index contributed by atoms with van der Waals surface area (Å²) in [7, 11) is -3.80. The summed E-state index contributed by atoms with van der Waals surface area (Å²) in [5, 5.41) is 13.5. The zero-order chi connectivity index (χ0) is 21.0. The molecule has 3 aromatic carbocycles. The molecule has 0 radical (unpaired) electrons. The number of benzene rings is 3. The number of aromatic carboxylic acids is 1. The average molecular weight is 409 g/mol. The maximum absolute atomic E-state index is 12.5. The number of anilines is 2. The van der Waals surface area contributed by atoms with E-state index in [1.165, 1.54) is 54.6 Å². The molecule has 0 heterocycles. The molecule has 0 unspecified atom stereocenters. The molecular formula is C21H17N2O5S-. The maximum atomic E-state index is 12.5. The van der Waals surface area contributed by atoms with Crippen LogP contribution in [0, 0.1) is 6.92 Å². The van der Waals surface area contributed by atoms with Gasteiger partial charge in [-0.25, -0.2) is 8.42 Å². The van der Waals surface area contributed by atoms with E-state index in [9.17, 15) is 23.1 Å². The van der Waals surface area contributed by atoms with E-state index in [4.69, 9.17) is 0 Å². The Morgan fingerprint density at radius 3 is 2.07 bits per heavy atom. The molecule has 29 heavy (non-hydrogen) atoms. The molecule has 0 aromatic heterocycles. The molecule has 0 saturated heterocycles. The van der Waals surface area contributed by atoms with Crippen LogP contribution in [-0.4, -0.2) is 20.3 Å². The van der Waals surface area contributed by atoms with Crippen molar-refractivity contribution in [1.29, 1.82) is 0 Å². The van der Waals surface area contributed by atoms with Crippen LogP contribution >= 0.6 is 0 Å². The van der Waals surface area contributed by atoms with Gasteiger partial charge in [0.2, 0.25) is 0 Å². The van der Waals surface area contributed by atoms with Crippen LogP contribution in [0.15, 0.2) is 77.7 Å². The van der Waals surface area contributed by atoms with E-state index in [0.717, 1.165) is 5.56 Å². The molecule has 0 saturated carbocycles. The summed E-state index contributed by atoms with van der Waals surface area (Å²) in [6.07, 6.45) is 0. The summed E-state index contributed by atoms with van der Waals surface area (Å²) in [5.74, 6) is -1.87. The third-order valence-electron chi connectivity index (χ3n) is 4.06. The molecule has 3 aromatic rings. The van der Waals surface area contributed by atoms with Crippen molar-refractivity contribution in [2.45, 2.75) is 11.8 Å². The number of carboxylic acid groups (broad SMARTS) is 1. The fourth-order valence-corrected chi connectivity index (χ4v) is 3.63. The molecule has 0 aliphatic rings. The summed E-state index contributed by atoms with van der Waals surface area (Å²) < 4.78 is 27.5. The molecular weight excluding hydrogens is 392 g/mol. The Balaban J connectivity index is 1.78. The molecule has 0 aliphatic carbocycles. The van der Waals surface area contributed by atoms with Gasteiger partial charge in [0.1, 0.15) is 0 Å². The number of carbonyl (C=O) groups excluding carboxylic acids is 2. The predicted molar refractivity (Wildman–Crippen MR) is 107 cm³/mol. The molecule has 1 amide bonds. The summed E-state index contributed by atoms with van der Waals surface area (Å²) in [6.45, 7) is 1.86.